The second kappa shape index (κ2) is 9.27. The molecule has 4 aliphatic rings. The summed E-state index contributed by atoms with van der Waals surface area (Å²) in [6, 6.07) is 10.1. The van der Waals surface area contributed by atoms with Crippen LogP contribution in [0.5, 0.6) is 0 Å². The average molecular weight is 413 g/mol. The lowest BCUT2D eigenvalue weighted by molar-refractivity contribution is -0.120. The molecule has 1 aromatic carbocycles. The highest BCUT2D eigenvalue weighted by atomic mass is 16.2. The van der Waals surface area contributed by atoms with Crippen molar-refractivity contribution >= 4 is 17.6 Å². The van der Waals surface area contributed by atoms with Gasteiger partial charge in [-0.3, -0.25) is 4.79 Å². The SMILES string of the molecule is CN(CCCNC(=O)CCNC(=O)NC12CC3CC(CC(C3)C1)C2)c1ccccc1. The number of benzene rings is 1. The van der Waals surface area contributed by atoms with Crippen molar-refractivity contribution in [3.05, 3.63) is 30.3 Å². The summed E-state index contributed by atoms with van der Waals surface area (Å²) in [5.41, 5.74) is 1.20. The van der Waals surface area contributed by atoms with Gasteiger partial charge in [0, 0.05) is 44.3 Å². The first-order valence-corrected chi connectivity index (χ1v) is 11.6. The van der Waals surface area contributed by atoms with Gasteiger partial charge in [0.2, 0.25) is 5.91 Å². The molecule has 4 bridgehead atoms. The van der Waals surface area contributed by atoms with Gasteiger partial charge in [0.05, 0.1) is 0 Å². The van der Waals surface area contributed by atoms with E-state index in [-0.39, 0.29) is 17.5 Å². The molecular weight excluding hydrogens is 376 g/mol. The van der Waals surface area contributed by atoms with Crippen molar-refractivity contribution in [2.75, 3.05) is 31.6 Å². The molecule has 4 saturated carbocycles. The van der Waals surface area contributed by atoms with E-state index in [1.54, 1.807) is 0 Å². The van der Waals surface area contributed by atoms with Crippen LogP contribution in [0, 0.1) is 17.8 Å². The molecule has 4 aliphatic carbocycles. The molecule has 0 aromatic heterocycles. The Bertz CT molecular complexity index is 701. The Labute approximate surface area is 180 Å². The smallest absolute Gasteiger partial charge is 0.315 e. The zero-order valence-corrected chi connectivity index (χ0v) is 18.2. The predicted octanol–water partition coefficient (Wildman–Crippen LogP) is 3.29. The summed E-state index contributed by atoms with van der Waals surface area (Å²) < 4.78 is 0. The molecule has 30 heavy (non-hydrogen) atoms. The van der Waals surface area contributed by atoms with Gasteiger partial charge in [0.25, 0.3) is 0 Å². The highest BCUT2D eigenvalue weighted by molar-refractivity contribution is 5.78. The summed E-state index contributed by atoms with van der Waals surface area (Å²) in [6.07, 6.45) is 8.73. The van der Waals surface area contributed by atoms with E-state index in [2.05, 4.69) is 40.0 Å². The van der Waals surface area contributed by atoms with Crippen LogP contribution < -0.4 is 20.9 Å². The molecule has 6 nitrogen and oxygen atoms in total. The first kappa shape index (κ1) is 21.0. The third-order valence-electron chi connectivity index (χ3n) is 7.24. The van der Waals surface area contributed by atoms with Gasteiger partial charge in [0.15, 0.2) is 0 Å². The third kappa shape index (κ3) is 5.27. The average Bonchev–Trinajstić information content (AvgIpc) is 2.70. The molecule has 0 unspecified atom stereocenters. The van der Waals surface area contributed by atoms with Crippen molar-refractivity contribution in [2.24, 2.45) is 17.8 Å². The van der Waals surface area contributed by atoms with E-state index < -0.39 is 0 Å². The van der Waals surface area contributed by atoms with Crippen LogP contribution in [0.1, 0.15) is 51.4 Å². The van der Waals surface area contributed by atoms with E-state index in [9.17, 15) is 9.59 Å². The predicted molar refractivity (Wildman–Crippen MR) is 119 cm³/mol. The maximum absolute atomic E-state index is 12.4. The van der Waals surface area contributed by atoms with E-state index in [4.69, 9.17) is 0 Å². The minimum atomic E-state index is -0.103. The molecule has 1 aromatic rings. The van der Waals surface area contributed by atoms with Crippen LogP contribution in [0.25, 0.3) is 0 Å². The molecular formula is C24H36N4O2. The van der Waals surface area contributed by atoms with Crippen LogP contribution in [0.2, 0.25) is 0 Å². The van der Waals surface area contributed by atoms with Crippen LogP contribution in [0.3, 0.4) is 0 Å². The minimum absolute atomic E-state index is 0.00697. The van der Waals surface area contributed by atoms with E-state index in [0.717, 1.165) is 50.0 Å². The number of hydrogen-bond donors (Lipinski definition) is 3. The molecule has 0 saturated heterocycles. The number of hydrogen-bond acceptors (Lipinski definition) is 3. The summed E-state index contributed by atoms with van der Waals surface area (Å²) in [5.74, 6) is 2.42. The zero-order chi connectivity index (χ0) is 21.0. The van der Waals surface area contributed by atoms with Crippen LogP contribution in [0.15, 0.2) is 30.3 Å². The fraction of sp³-hybridized carbons (Fsp3) is 0.667. The van der Waals surface area contributed by atoms with Crippen molar-refractivity contribution in [1.29, 1.82) is 0 Å². The van der Waals surface area contributed by atoms with E-state index in [1.165, 1.54) is 24.9 Å². The van der Waals surface area contributed by atoms with Gasteiger partial charge in [-0.1, -0.05) is 18.2 Å². The Morgan fingerprint density at radius 1 is 0.967 bits per heavy atom. The number of carbonyl (C=O) groups is 2. The molecule has 4 fully saturated rings. The minimum Gasteiger partial charge on any atom is -0.375 e. The molecule has 6 heteroatoms. The molecule has 0 heterocycles. The van der Waals surface area contributed by atoms with Gasteiger partial charge >= 0.3 is 6.03 Å². The molecule has 3 N–H and O–H groups in total. The van der Waals surface area contributed by atoms with E-state index in [0.29, 0.717) is 19.5 Å². The first-order valence-electron chi connectivity index (χ1n) is 11.6. The molecule has 3 amide bonds. The summed E-state index contributed by atoms with van der Waals surface area (Å²) in [4.78, 5) is 26.7. The Kier molecular flexibility index (Phi) is 6.49. The summed E-state index contributed by atoms with van der Waals surface area (Å²) in [6.45, 7) is 1.92. The Morgan fingerprint density at radius 3 is 2.23 bits per heavy atom. The lowest BCUT2D eigenvalue weighted by atomic mass is 9.53. The van der Waals surface area contributed by atoms with Gasteiger partial charge in [0.1, 0.15) is 0 Å². The largest absolute Gasteiger partial charge is 0.375 e. The van der Waals surface area contributed by atoms with E-state index in [1.807, 2.05) is 18.2 Å². The van der Waals surface area contributed by atoms with Crippen LogP contribution >= 0.6 is 0 Å². The topological polar surface area (TPSA) is 73.5 Å². The number of urea groups is 1. The monoisotopic (exact) mass is 412 g/mol. The summed E-state index contributed by atoms with van der Waals surface area (Å²) >= 11 is 0. The van der Waals surface area contributed by atoms with Crippen molar-refractivity contribution in [2.45, 2.75) is 56.9 Å². The van der Waals surface area contributed by atoms with Gasteiger partial charge < -0.3 is 20.9 Å². The second-order valence-electron chi connectivity index (χ2n) is 9.79. The van der Waals surface area contributed by atoms with Crippen molar-refractivity contribution in [1.82, 2.24) is 16.0 Å². The van der Waals surface area contributed by atoms with Crippen molar-refractivity contribution in [3.8, 4) is 0 Å². The molecule has 0 atom stereocenters. The normalized spacial score (nSPS) is 28.8. The Balaban J connectivity index is 1.08. The maximum Gasteiger partial charge on any atom is 0.315 e. The summed E-state index contributed by atoms with van der Waals surface area (Å²) in [7, 11) is 2.06. The standard InChI is InChI=1S/C24H36N4O2/c1-28(21-6-3-2-4-7-21)11-5-9-25-22(29)8-10-26-23(30)27-24-15-18-12-19(16-24)14-20(13-18)17-24/h2-4,6-7,18-20H,5,8-17H2,1H3,(H,25,29)(H2,26,27,30). The number of para-hydroxylation sites is 1. The zero-order valence-electron chi connectivity index (χ0n) is 18.2. The number of carbonyl (C=O) groups excluding carboxylic acids is 2. The number of anilines is 1. The fourth-order valence-corrected chi connectivity index (χ4v) is 6.28. The molecule has 0 radical (unpaired) electrons. The third-order valence-corrected chi connectivity index (χ3v) is 7.24. The molecule has 0 aliphatic heterocycles. The van der Waals surface area contributed by atoms with E-state index >= 15 is 0 Å². The number of amides is 3. The van der Waals surface area contributed by atoms with Gasteiger partial charge in [-0.2, -0.15) is 0 Å². The lowest BCUT2D eigenvalue weighted by Gasteiger charge is -2.56. The lowest BCUT2D eigenvalue weighted by Crippen LogP contribution is -2.61. The number of nitrogens with zero attached hydrogens (tertiary/aromatic N) is 1. The Hall–Kier alpha value is -2.24. The van der Waals surface area contributed by atoms with Crippen molar-refractivity contribution < 1.29 is 9.59 Å². The van der Waals surface area contributed by atoms with Crippen LogP contribution in [-0.4, -0.2) is 44.2 Å². The maximum atomic E-state index is 12.4. The quantitative estimate of drug-likeness (QED) is 0.545. The fourth-order valence-electron chi connectivity index (χ4n) is 6.28. The van der Waals surface area contributed by atoms with Gasteiger partial charge in [-0.25, -0.2) is 4.79 Å². The first-order chi connectivity index (χ1) is 14.5. The second-order valence-corrected chi connectivity index (χ2v) is 9.79. The van der Waals surface area contributed by atoms with Crippen LogP contribution in [0.4, 0.5) is 10.5 Å². The van der Waals surface area contributed by atoms with Gasteiger partial charge in [-0.15, -0.1) is 0 Å². The number of nitrogens with one attached hydrogen (secondary N) is 3. The Morgan fingerprint density at radius 2 is 1.60 bits per heavy atom. The molecule has 164 valence electrons. The summed E-state index contributed by atoms with van der Waals surface area (Å²) in [5, 5.41) is 9.14. The number of rotatable bonds is 9. The highest BCUT2D eigenvalue weighted by Gasteiger charge is 2.51. The van der Waals surface area contributed by atoms with Crippen LogP contribution in [-0.2, 0) is 4.79 Å². The molecule has 5 rings (SSSR count). The van der Waals surface area contributed by atoms with Gasteiger partial charge in [-0.05, 0) is 74.8 Å². The molecule has 0 spiro atoms. The van der Waals surface area contributed by atoms with Crippen molar-refractivity contribution in [3.63, 3.8) is 0 Å². The highest BCUT2D eigenvalue weighted by Crippen LogP contribution is 2.55.